The van der Waals surface area contributed by atoms with E-state index < -0.39 is 0 Å². The Bertz CT molecular complexity index is 384. The summed E-state index contributed by atoms with van der Waals surface area (Å²) in [7, 11) is 1.81. The number of anilines is 1. The lowest BCUT2D eigenvalue weighted by atomic mass is 10.1. The monoisotopic (exact) mass is 361 g/mol. The molecule has 0 aliphatic carbocycles. The normalized spacial score (nSPS) is 20.6. The summed E-state index contributed by atoms with van der Waals surface area (Å²) in [5.41, 5.74) is 2.66. The minimum absolute atomic E-state index is 0.367. The number of rotatable bonds is 3. The minimum Gasteiger partial charge on any atom is -0.380 e. The molecule has 0 saturated carbocycles. The summed E-state index contributed by atoms with van der Waals surface area (Å²) in [6.07, 6.45) is 2.74. The first-order valence-corrected chi connectivity index (χ1v) is 7.78. The summed E-state index contributed by atoms with van der Waals surface area (Å²) in [4.78, 5) is 2.43. The van der Waals surface area contributed by atoms with Crippen LogP contribution < -0.4 is 4.90 Å². The molecular weight excluding hydrogens is 346 g/mol. The summed E-state index contributed by atoms with van der Waals surface area (Å²) in [5, 5.41) is 0.893. The van der Waals surface area contributed by atoms with Crippen molar-refractivity contribution < 1.29 is 4.74 Å². The maximum Gasteiger partial charge on any atom is 0.0746 e. The molecule has 1 aliphatic heterocycles. The number of piperidine rings is 1. The third-order valence-corrected chi connectivity index (χ3v) is 4.34. The van der Waals surface area contributed by atoms with Gasteiger partial charge in [0.1, 0.15) is 0 Å². The van der Waals surface area contributed by atoms with E-state index in [2.05, 4.69) is 55.0 Å². The summed E-state index contributed by atoms with van der Waals surface area (Å²) in [6.45, 7) is 2.11. The van der Waals surface area contributed by atoms with Crippen molar-refractivity contribution in [3.05, 3.63) is 28.2 Å². The van der Waals surface area contributed by atoms with Gasteiger partial charge in [0.15, 0.2) is 0 Å². The van der Waals surface area contributed by atoms with Crippen molar-refractivity contribution in [1.82, 2.24) is 0 Å². The van der Waals surface area contributed by atoms with Crippen LogP contribution in [0.25, 0.3) is 0 Å². The van der Waals surface area contributed by atoms with Gasteiger partial charge in [-0.2, -0.15) is 0 Å². The molecule has 2 rings (SSSR count). The van der Waals surface area contributed by atoms with Crippen LogP contribution in [0.3, 0.4) is 0 Å². The summed E-state index contributed by atoms with van der Waals surface area (Å²) in [6, 6.07) is 6.47. The van der Waals surface area contributed by atoms with Crippen LogP contribution in [0.1, 0.15) is 18.4 Å². The number of ether oxygens (including phenoxy) is 1. The fourth-order valence-corrected chi connectivity index (χ4v) is 3.12. The van der Waals surface area contributed by atoms with Gasteiger partial charge in [0, 0.05) is 35.7 Å². The number of methoxy groups -OCH3 is 1. The molecule has 0 aromatic heterocycles. The Morgan fingerprint density at radius 2 is 2.29 bits per heavy atom. The first kappa shape index (κ1) is 13.4. The SMILES string of the molecule is COC1CCCN(c2cc(Br)ccc2CBr)C1. The summed E-state index contributed by atoms with van der Waals surface area (Å²) in [5.74, 6) is 0. The molecule has 0 bridgehead atoms. The maximum absolute atomic E-state index is 5.48. The molecule has 1 atom stereocenters. The molecular formula is C13H17Br2NO. The predicted molar refractivity (Wildman–Crippen MR) is 79.0 cm³/mol. The third-order valence-electron chi connectivity index (χ3n) is 3.24. The Hall–Kier alpha value is -0.0600. The van der Waals surface area contributed by atoms with E-state index in [1.165, 1.54) is 24.1 Å². The standard InChI is InChI=1S/C13H17Br2NO/c1-17-12-3-2-6-16(9-12)13-7-11(15)5-4-10(13)8-14/h4-5,7,12H,2-3,6,8-9H2,1H3. The molecule has 0 N–H and O–H groups in total. The molecule has 1 unspecified atom stereocenters. The van der Waals surface area contributed by atoms with E-state index in [-0.39, 0.29) is 0 Å². The molecule has 1 heterocycles. The zero-order chi connectivity index (χ0) is 12.3. The van der Waals surface area contributed by atoms with Gasteiger partial charge in [-0.15, -0.1) is 0 Å². The van der Waals surface area contributed by atoms with Gasteiger partial charge >= 0.3 is 0 Å². The molecule has 1 aliphatic rings. The quantitative estimate of drug-likeness (QED) is 0.754. The highest BCUT2D eigenvalue weighted by molar-refractivity contribution is 9.10. The Kier molecular flexibility index (Phi) is 4.88. The van der Waals surface area contributed by atoms with Gasteiger partial charge in [-0.1, -0.05) is 37.9 Å². The molecule has 1 fully saturated rings. The van der Waals surface area contributed by atoms with Crippen molar-refractivity contribution in [2.75, 3.05) is 25.1 Å². The van der Waals surface area contributed by atoms with Crippen LogP contribution in [-0.2, 0) is 10.1 Å². The van der Waals surface area contributed by atoms with Crippen LogP contribution >= 0.6 is 31.9 Å². The molecule has 0 amide bonds. The Labute approximate surface area is 120 Å². The van der Waals surface area contributed by atoms with Crippen LogP contribution in [0.4, 0.5) is 5.69 Å². The second-order valence-corrected chi connectivity index (χ2v) is 5.83. The van der Waals surface area contributed by atoms with Crippen molar-refractivity contribution in [2.24, 2.45) is 0 Å². The smallest absolute Gasteiger partial charge is 0.0746 e. The molecule has 1 saturated heterocycles. The Morgan fingerprint density at radius 3 is 3.00 bits per heavy atom. The first-order chi connectivity index (χ1) is 8.24. The van der Waals surface area contributed by atoms with E-state index >= 15 is 0 Å². The summed E-state index contributed by atoms with van der Waals surface area (Å²) < 4.78 is 6.62. The van der Waals surface area contributed by atoms with Gasteiger partial charge in [0.05, 0.1) is 6.10 Å². The number of benzene rings is 1. The highest BCUT2D eigenvalue weighted by Gasteiger charge is 2.21. The van der Waals surface area contributed by atoms with E-state index in [1.54, 1.807) is 7.11 Å². The van der Waals surface area contributed by atoms with E-state index in [9.17, 15) is 0 Å². The average Bonchev–Trinajstić information content (AvgIpc) is 2.39. The van der Waals surface area contributed by atoms with Crippen molar-refractivity contribution in [1.29, 1.82) is 0 Å². The number of hydrogen-bond donors (Lipinski definition) is 0. The van der Waals surface area contributed by atoms with Crippen LogP contribution in [0.5, 0.6) is 0 Å². The lowest BCUT2D eigenvalue weighted by molar-refractivity contribution is 0.0893. The lowest BCUT2D eigenvalue weighted by Crippen LogP contribution is -2.39. The van der Waals surface area contributed by atoms with Gasteiger partial charge in [0.2, 0.25) is 0 Å². The van der Waals surface area contributed by atoms with E-state index in [4.69, 9.17) is 4.74 Å². The molecule has 94 valence electrons. The van der Waals surface area contributed by atoms with Crippen molar-refractivity contribution in [2.45, 2.75) is 24.3 Å². The fourth-order valence-electron chi connectivity index (χ4n) is 2.29. The molecule has 0 radical (unpaired) electrons. The van der Waals surface area contributed by atoms with Crippen LogP contribution in [0.2, 0.25) is 0 Å². The molecule has 17 heavy (non-hydrogen) atoms. The Morgan fingerprint density at radius 1 is 1.47 bits per heavy atom. The molecule has 1 aromatic carbocycles. The van der Waals surface area contributed by atoms with E-state index in [0.717, 1.165) is 22.9 Å². The number of hydrogen-bond acceptors (Lipinski definition) is 2. The first-order valence-electron chi connectivity index (χ1n) is 5.86. The largest absolute Gasteiger partial charge is 0.380 e. The molecule has 1 aromatic rings. The average molecular weight is 363 g/mol. The van der Waals surface area contributed by atoms with Crippen LogP contribution in [-0.4, -0.2) is 26.3 Å². The molecule has 2 nitrogen and oxygen atoms in total. The van der Waals surface area contributed by atoms with Gasteiger partial charge in [-0.25, -0.2) is 0 Å². The topological polar surface area (TPSA) is 12.5 Å². The van der Waals surface area contributed by atoms with Gasteiger partial charge in [0.25, 0.3) is 0 Å². The second kappa shape index (κ2) is 6.21. The minimum atomic E-state index is 0.367. The van der Waals surface area contributed by atoms with Crippen LogP contribution in [0, 0.1) is 0 Å². The van der Waals surface area contributed by atoms with Crippen molar-refractivity contribution >= 4 is 37.5 Å². The fraction of sp³-hybridized carbons (Fsp3) is 0.538. The van der Waals surface area contributed by atoms with Gasteiger partial charge in [-0.3, -0.25) is 0 Å². The lowest BCUT2D eigenvalue weighted by Gasteiger charge is -2.34. The number of halogens is 2. The number of alkyl halides is 1. The van der Waals surface area contributed by atoms with Crippen molar-refractivity contribution in [3.8, 4) is 0 Å². The zero-order valence-corrected chi connectivity index (χ0v) is 13.1. The van der Waals surface area contributed by atoms with Gasteiger partial charge in [-0.05, 0) is 30.5 Å². The van der Waals surface area contributed by atoms with Crippen molar-refractivity contribution in [3.63, 3.8) is 0 Å². The van der Waals surface area contributed by atoms with E-state index in [1.807, 2.05) is 0 Å². The molecule has 4 heteroatoms. The molecule has 0 spiro atoms. The second-order valence-electron chi connectivity index (χ2n) is 4.35. The highest BCUT2D eigenvalue weighted by atomic mass is 79.9. The van der Waals surface area contributed by atoms with Crippen LogP contribution in [0.15, 0.2) is 22.7 Å². The predicted octanol–water partition coefficient (Wildman–Crippen LogP) is 3.96. The van der Waals surface area contributed by atoms with E-state index in [0.29, 0.717) is 6.10 Å². The van der Waals surface area contributed by atoms with Gasteiger partial charge < -0.3 is 9.64 Å². The maximum atomic E-state index is 5.48. The third kappa shape index (κ3) is 3.24. The highest BCUT2D eigenvalue weighted by Crippen LogP contribution is 2.29. The zero-order valence-electron chi connectivity index (χ0n) is 9.96. The summed E-state index contributed by atoms with van der Waals surface area (Å²) >= 11 is 7.11. The Balaban J connectivity index is 2.22. The number of nitrogens with zero attached hydrogens (tertiary/aromatic N) is 1.